The summed E-state index contributed by atoms with van der Waals surface area (Å²) < 4.78 is 90.0. The van der Waals surface area contributed by atoms with E-state index < -0.39 is 41.3 Å². The van der Waals surface area contributed by atoms with Gasteiger partial charge in [0, 0.05) is 11.6 Å². The lowest BCUT2D eigenvalue weighted by Gasteiger charge is -2.38. The lowest BCUT2D eigenvalue weighted by molar-refractivity contribution is -0.222. The van der Waals surface area contributed by atoms with Crippen molar-refractivity contribution in [3.63, 3.8) is 0 Å². The Kier molecular flexibility index (Phi) is 11.6. The molecule has 0 aliphatic heterocycles. The number of hydrogen-bond donors (Lipinski definition) is 0. The molecule has 3 aliphatic rings. The summed E-state index contributed by atoms with van der Waals surface area (Å²) in [6.07, 6.45) is 12.7. The molecule has 0 aromatic heterocycles. The Bertz CT molecular complexity index is 1270. The lowest BCUT2D eigenvalue weighted by atomic mass is 9.68. The van der Waals surface area contributed by atoms with Crippen molar-refractivity contribution in [2.75, 3.05) is 0 Å². The van der Waals surface area contributed by atoms with Crippen LogP contribution in [0.15, 0.2) is 42.7 Å². The molecule has 45 heavy (non-hydrogen) atoms. The van der Waals surface area contributed by atoms with Gasteiger partial charge in [-0.05, 0) is 123 Å². The van der Waals surface area contributed by atoms with Crippen molar-refractivity contribution in [1.29, 1.82) is 0 Å². The Morgan fingerprint density at radius 2 is 1.42 bits per heavy atom. The third-order valence-electron chi connectivity index (χ3n) is 11.2. The van der Waals surface area contributed by atoms with Crippen LogP contribution in [0.3, 0.4) is 0 Å². The number of hydrogen-bond acceptors (Lipinski definition) is 1. The summed E-state index contributed by atoms with van der Waals surface area (Å²) >= 11 is 0. The van der Waals surface area contributed by atoms with Gasteiger partial charge in [-0.25, -0.2) is 17.6 Å². The van der Waals surface area contributed by atoms with Crippen LogP contribution in [0.4, 0.5) is 26.3 Å². The second kappa shape index (κ2) is 15.4. The van der Waals surface area contributed by atoms with Gasteiger partial charge >= 0.3 is 6.11 Å². The zero-order chi connectivity index (χ0) is 32.0. The van der Waals surface area contributed by atoms with Gasteiger partial charge in [0.05, 0.1) is 5.92 Å². The average molecular weight is 635 g/mol. The normalized spacial score (nSPS) is 28.2. The molecule has 0 unspecified atom stereocenters. The molecule has 0 heterocycles. The van der Waals surface area contributed by atoms with Gasteiger partial charge in [0.1, 0.15) is 23.7 Å². The van der Waals surface area contributed by atoms with Crippen LogP contribution in [0.1, 0.15) is 138 Å². The Hall–Kier alpha value is -2.44. The molecule has 0 atom stereocenters. The first-order valence-electron chi connectivity index (χ1n) is 17.3. The summed E-state index contributed by atoms with van der Waals surface area (Å²) in [4.78, 5) is 0. The highest BCUT2D eigenvalue weighted by Gasteiger charge is 2.44. The summed E-state index contributed by atoms with van der Waals surface area (Å²) in [5, 5.41) is 0. The standard InChI is InChI=1S/C38H48F6O/c1-2-3-4-5-25-6-8-26(9-7-25)27-10-12-28(13-11-27)30-16-20-33(35(40)22-30)29-14-17-31(18-15-29)38(43,44)45-32-19-21-34(36(41)23-32)37(42)24-39/h16,19-29,31H,2-15,17-18H2,1H3/b37-24-. The largest absolute Gasteiger partial charge is 0.432 e. The molecule has 7 heteroatoms. The quantitative estimate of drug-likeness (QED) is 0.177. The molecule has 5 rings (SSSR count). The number of halogens is 6. The molecule has 3 fully saturated rings. The first-order valence-corrected chi connectivity index (χ1v) is 17.3. The van der Waals surface area contributed by atoms with E-state index in [-0.39, 0.29) is 24.6 Å². The highest BCUT2D eigenvalue weighted by molar-refractivity contribution is 5.59. The van der Waals surface area contributed by atoms with Gasteiger partial charge in [0.25, 0.3) is 0 Å². The van der Waals surface area contributed by atoms with Crippen LogP contribution >= 0.6 is 0 Å². The fraction of sp³-hybridized carbons (Fsp3) is 0.632. The van der Waals surface area contributed by atoms with Gasteiger partial charge in [-0.2, -0.15) is 8.78 Å². The molecular weight excluding hydrogens is 586 g/mol. The third-order valence-corrected chi connectivity index (χ3v) is 11.2. The van der Waals surface area contributed by atoms with E-state index in [1.54, 1.807) is 6.07 Å². The van der Waals surface area contributed by atoms with E-state index in [4.69, 9.17) is 4.74 Å². The van der Waals surface area contributed by atoms with Crippen molar-refractivity contribution >= 4 is 5.83 Å². The van der Waals surface area contributed by atoms with Crippen molar-refractivity contribution in [3.8, 4) is 5.75 Å². The van der Waals surface area contributed by atoms with E-state index in [1.807, 2.05) is 12.1 Å². The zero-order valence-corrected chi connectivity index (χ0v) is 26.5. The molecule has 248 valence electrons. The van der Waals surface area contributed by atoms with Gasteiger partial charge in [-0.15, -0.1) is 0 Å². The second-order valence-electron chi connectivity index (χ2n) is 14.0. The zero-order valence-electron chi connectivity index (χ0n) is 26.5. The van der Waals surface area contributed by atoms with Crippen molar-refractivity contribution in [2.24, 2.45) is 23.7 Å². The van der Waals surface area contributed by atoms with Crippen LogP contribution in [0, 0.1) is 35.3 Å². The minimum Gasteiger partial charge on any atom is -0.432 e. The van der Waals surface area contributed by atoms with Crippen molar-refractivity contribution in [2.45, 2.75) is 128 Å². The highest BCUT2D eigenvalue weighted by atomic mass is 19.3. The fourth-order valence-electron chi connectivity index (χ4n) is 8.48. The molecule has 0 saturated heterocycles. The summed E-state index contributed by atoms with van der Waals surface area (Å²) in [6.45, 7) is 2.27. The minimum atomic E-state index is -3.58. The van der Waals surface area contributed by atoms with E-state index in [2.05, 4.69) is 6.92 Å². The summed E-state index contributed by atoms with van der Waals surface area (Å²) in [6, 6.07) is 8.08. The number of benzene rings is 2. The third kappa shape index (κ3) is 8.48. The first kappa shape index (κ1) is 33.9. The molecule has 0 N–H and O–H groups in total. The predicted molar refractivity (Wildman–Crippen MR) is 168 cm³/mol. The van der Waals surface area contributed by atoms with Crippen LogP contribution in [0.25, 0.3) is 5.83 Å². The van der Waals surface area contributed by atoms with Gasteiger partial charge in [0.15, 0.2) is 5.83 Å². The fourth-order valence-corrected chi connectivity index (χ4v) is 8.48. The highest BCUT2D eigenvalue weighted by Crippen LogP contribution is 2.47. The van der Waals surface area contributed by atoms with Crippen LogP contribution in [0.2, 0.25) is 0 Å². The van der Waals surface area contributed by atoms with Crippen LogP contribution in [-0.4, -0.2) is 6.11 Å². The minimum absolute atomic E-state index is 0.128. The van der Waals surface area contributed by atoms with Gasteiger partial charge in [-0.1, -0.05) is 57.6 Å². The molecule has 0 radical (unpaired) electrons. The number of ether oxygens (including phenoxy) is 1. The molecule has 2 aromatic carbocycles. The Morgan fingerprint density at radius 1 is 0.778 bits per heavy atom. The maximum Gasteiger partial charge on any atom is 0.400 e. The maximum atomic E-state index is 15.4. The van der Waals surface area contributed by atoms with E-state index in [0.717, 1.165) is 48.3 Å². The van der Waals surface area contributed by atoms with E-state index >= 15 is 4.39 Å². The summed E-state index contributed by atoms with van der Waals surface area (Å²) in [7, 11) is 0. The molecule has 1 nitrogen and oxygen atoms in total. The molecule has 0 spiro atoms. The Labute approximate surface area is 264 Å². The monoisotopic (exact) mass is 634 g/mol. The second-order valence-corrected chi connectivity index (χ2v) is 14.0. The number of unbranched alkanes of at least 4 members (excludes halogenated alkanes) is 2. The smallest absolute Gasteiger partial charge is 0.400 e. The van der Waals surface area contributed by atoms with Crippen molar-refractivity contribution in [1.82, 2.24) is 0 Å². The van der Waals surface area contributed by atoms with Crippen molar-refractivity contribution in [3.05, 3.63) is 71.1 Å². The molecule has 2 aromatic rings. The predicted octanol–water partition coefficient (Wildman–Crippen LogP) is 12.8. The van der Waals surface area contributed by atoms with Gasteiger partial charge in [0.2, 0.25) is 0 Å². The van der Waals surface area contributed by atoms with E-state index in [0.29, 0.717) is 30.4 Å². The van der Waals surface area contributed by atoms with E-state index in [9.17, 15) is 22.0 Å². The molecule has 3 aliphatic carbocycles. The molecular formula is C38H48F6O. The van der Waals surface area contributed by atoms with E-state index in [1.165, 1.54) is 64.2 Å². The average Bonchev–Trinajstić information content (AvgIpc) is 3.05. The van der Waals surface area contributed by atoms with Gasteiger partial charge in [-0.3, -0.25) is 0 Å². The SMILES string of the molecule is CCCCCC1CCC(C2CCC(c3ccc(C4CCC(C(F)(F)Oc5ccc(/C(F)=C/F)c(F)c5)CC4)c(F)c3)CC2)CC1. The van der Waals surface area contributed by atoms with Crippen LogP contribution in [-0.2, 0) is 0 Å². The van der Waals surface area contributed by atoms with Crippen LogP contribution in [0.5, 0.6) is 5.75 Å². The number of alkyl halides is 2. The van der Waals surface area contributed by atoms with Crippen LogP contribution < -0.4 is 4.74 Å². The van der Waals surface area contributed by atoms with Crippen molar-refractivity contribution < 1.29 is 31.1 Å². The summed E-state index contributed by atoms with van der Waals surface area (Å²) in [5.41, 5.74) is 0.981. The maximum absolute atomic E-state index is 15.4. The molecule has 0 amide bonds. The van der Waals surface area contributed by atoms with Gasteiger partial charge < -0.3 is 4.74 Å². The Balaban J connectivity index is 1.09. The summed E-state index contributed by atoms with van der Waals surface area (Å²) in [5.74, 6) is -1.62. The topological polar surface area (TPSA) is 9.23 Å². The number of rotatable bonds is 11. The first-order chi connectivity index (χ1) is 21.7. The Morgan fingerprint density at radius 3 is 2.02 bits per heavy atom. The lowest BCUT2D eigenvalue weighted by Crippen LogP contribution is -2.37. The molecule has 3 saturated carbocycles. The molecule has 0 bridgehead atoms.